The number of aryl methyl sites for hydroxylation is 1. The van der Waals surface area contributed by atoms with Crippen LogP contribution in [0.15, 0.2) is 60.7 Å². The highest BCUT2D eigenvalue weighted by molar-refractivity contribution is 14.1. The molecule has 3 aromatic carbocycles. The zero-order valence-electron chi connectivity index (χ0n) is 17.0. The number of aromatic nitrogens is 3. The van der Waals surface area contributed by atoms with Gasteiger partial charge in [0.15, 0.2) is 0 Å². The van der Waals surface area contributed by atoms with Gasteiger partial charge in [0.25, 0.3) is 0 Å². The molecule has 1 heterocycles. The van der Waals surface area contributed by atoms with Crippen LogP contribution in [-0.2, 0) is 17.8 Å². The molecule has 0 spiro atoms. The highest BCUT2D eigenvalue weighted by Gasteiger charge is 2.25. The Morgan fingerprint density at radius 3 is 2.68 bits per heavy atom. The van der Waals surface area contributed by atoms with E-state index in [1.165, 1.54) is 11.1 Å². The molecule has 0 saturated heterocycles. The van der Waals surface area contributed by atoms with Crippen LogP contribution in [0.4, 0.5) is 0 Å². The van der Waals surface area contributed by atoms with Crippen LogP contribution in [0.25, 0.3) is 11.0 Å². The largest absolute Gasteiger partial charge is 0.497 e. The van der Waals surface area contributed by atoms with Crippen LogP contribution in [-0.4, -0.2) is 25.4 Å². The quantitative estimate of drug-likeness (QED) is 0.361. The van der Waals surface area contributed by atoms with Crippen LogP contribution in [0.1, 0.15) is 46.4 Å². The second kappa shape index (κ2) is 8.57. The van der Waals surface area contributed by atoms with E-state index in [1.54, 1.807) is 10.0 Å². The number of methoxy groups -OCH3 is 1. The third-order valence-electron chi connectivity index (χ3n) is 5.86. The molecule has 6 nitrogen and oxygen atoms in total. The first-order valence-corrected chi connectivity index (χ1v) is 11.2. The lowest BCUT2D eigenvalue weighted by atomic mass is 9.97. The maximum atomic E-state index is 11.0. The Bertz CT molecular complexity index is 1220. The van der Waals surface area contributed by atoms with Gasteiger partial charge in [0.1, 0.15) is 22.9 Å². The first-order valence-electron chi connectivity index (χ1n) is 10.2. The standard InChI is InChI=1S/C24H22IN3O3/c1-30-19-8-2-15(3-9-19)14-31-23-11-7-16-4-5-17(12-20(16)23)24(29)18-6-10-22-21(13-18)26-27-28(22)25/h2-6,8-10,12-13,23-24,29H,7,11,14H2,1H3. The van der Waals surface area contributed by atoms with Crippen molar-refractivity contribution in [1.29, 1.82) is 0 Å². The number of aliphatic hydroxyl groups excluding tert-OH is 1. The van der Waals surface area contributed by atoms with Gasteiger partial charge < -0.3 is 14.6 Å². The number of nitrogens with zero attached hydrogens (tertiary/aromatic N) is 3. The Morgan fingerprint density at radius 1 is 1.10 bits per heavy atom. The zero-order valence-corrected chi connectivity index (χ0v) is 19.2. The van der Waals surface area contributed by atoms with E-state index in [9.17, 15) is 5.11 Å². The average molecular weight is 527 g/mol. The molecule has 5 rings (SSSR count). The minimum absolute atomic E-state index is 0.0330. The number of hydrogen-bond donors (Lipinski definition) is 1. The summed E-state index contributed by atoms with van der Waals surface area (Å²) in [7, 11) is 1.66. The molecule has 0 amide bonds. The van der Waals surface area contributed by atoms with Crippen LogP contribution in [0.5, 0.6) is 5.75 Å². The molecule has 0 radical (unpaired) electrons. The molecule has 1 aromatic heterocycles. The van der Waals surface area contributed by atoms with Gasteiger partial charge in [-0.25, -0.2) is 0 Å². The molecule has 0 aliphatic heterocycles. The smallest absolute Gasteiger partial charge is 0.118 e. The molecule has 4 aromatic rings. The predicted molar refractivity (Wildman–Crippen MR) is 126 cm³/mol. The van der Waals surface area contributed by atoms with Gasteiger partial charge in [-0.2, -0.15) is 2.90 Å². The van der Waals surface area contributed by atoms with Gasteiger partial charge in [-0.05, 0) is 71.0 Å². The number of aliphatic hydroxyl groups is 1. The molecule has 0 fully saturated rings. The molecule has 1 aliphatic carbocycles. The first-order chi connectivity index (χ1) is 15.1. The van der Waals surface area contributed by atoms with Crippen molar-refractivity contribution >= 4 is 33.9 Å². The summed E-state index contributed by atoms with van der Waals surface area (Å²) in [5.41, 5.74) is 6.94. The molecule has 1 aliphatic rings. The summed E-state index contributed by atoms with van der Waals surface area (Å²) in [5, 5.41) is 19.2. The molecule has 0 bridgehead atoms. The number of halogens is 1. The predicted octanol–water partition coefficient (Wildman–Crippen LogP) is 4.92. The monoisotopic (exact) mass is 527 g/mol. The lowest BCUT2D eigenvalue weighted by Crippen LogP contribution is -2.04. The molecule has 1 N–H and O–H groups in total. The molecule has 31 heavy (non-hydrogen) atoms. The van der Waals surface area contributed by atoms with Crippen LogP contribution in [0.3, 0.4) is 0 Å². The minimum Gasteiger partial charge on any atom is -0.497 e. The number of hydrogen-bond acceptors (Lipinski definition) is 5. The van der Waals surface area contributed by atoms with Gasteiger partial charge in [0, 0.05) is 0 Å². The fraction of sp³-hybridized carbons (Fsp3) is 0.250. The maximum absolute atomic E-state index is 11.0. The number of ether oxygens (including phenoxy) is 2. The Labute approximate surface area is 194 Å². The molecule has 7 heteroatoms. The van der Waals surface area contributed by atoms with Crippen molar-refractivity contribution in [3.63, 3.8) is 0 Å². The lowest BCUT2D eigenvalue weighted by Gasteiger charge is -2.17. The van der Waals surface area contributed by atoms with E-state index < -0.39 is 6.10 Å². The van der Waals surface area contributed by atoms with E-state index >= 15 is 0 Å². The lowest BCUT2D eigenvalue weighted by molar-refractivity contribution is 0.0409. The fourth-order valence-electron chi connectivity index (χ4n) is 4.12. The molecular weight excluding hydrogens is 505 g/mol. The van der Waals surface area contributed by atoms with Crippen molar-refractivity contribution in [1.82, 2.24) is 13.2 Å². The van der Waals surface area contributed by atoms with E-state index in [1.807, 2.05) is 48.5 Å². The maximum Gasteiger partial charge on any atom is 0.118 e. The van der Waals surface area contributed by atoms with Crippen molar-refractivity contribution in [2.45, 2.75) is 31.7 Å². The second-order valence-corrected chi connectivity index (χ2v) is 8.66. The van der Waals surface area contributed by atoms with Crippen molar-refractivity contribution in [2.24, 2.45) is 0 Å². The number of benzene rings is 3. The SMILES string of the molecule is COc1ccc(COC2CCc3ccc(C(O)c4ccc5c(c4)nnn5I)cc32)cc1. The van der Waals surface area contributed by atoms with E-state index in [-0.39, 0.29) is 6.10 Å². The van der Waals surface area contributed by atoms with Gasteiger partial charge in [0.05, 0.1) is 42.7 Å². The summed E-state index contributed by atoms with van der Waals surface area (Å²) >= 11 is 2.09. The summed E-state index contributed by atoms with van der Waals surface area (Å²) in [6.07, 6.45) is 1.25. The van der Waals surface area contributed by atoms with Gasteiger partial charge in [0.2, 0.25) is 0 Å². The van der Waals surface area contributed by atoms with Gasteiger partial charge >= 0.3 is 0 Å². The third-order valence-corrected chi connectivity index (χ3v) is 6.58. The van der Waals surface area contributed by atoms with Crippen LogP contribution in [0, 0.1) is 0 Å². The van der Waals surface area contributed by atoms with Crippen molar-refractivity contribution in [3.8, 4) is 5.75 Å². The minimum atomic E-state index is -0.725. The van der Waals surface area contributed by atoms with E-state index in [0.29, 0.717) is 6.61 Å². The van der Waals surface area contributed by atoms with Gasteiger partial charge in [-0.3, -0.25) is 0 Å². The van der Waals surface area contributed by atoms with Crippen LogP contribution >= 0.6 is 22.9 Å². The van der Waals surface area contributed by atoms with E-state index in [4.69, 9.17) is 9.47 Å². The van der Waals surface area contributed by atoms with Gasteiger partial charge in [-0.1, -0.05) is 35.5 Å². The Morgan fingerprint density at radius 2 is 1.87 bits per heavy atom. The van der Waals surface area contributed by atoms with E-state index in [2.05, 4.69) is 45.3 Å². The first kappa shape index (κ1) is 20.4. The molecule has 2 unspecified atom stereocenters. The Kier molecular flexibility index (Phi) is 5.64. The Balaban J connectivity index is 1.34. The molecule has 158 valence electrons. The van der Waals surface area contributed by atoms with Crippen LogP contribution in [0.2, 0.25) is 0 Å². The summed E-state index contributed by atoms with van der Waals surface area (Å²) in [5.74, 6) is 0.841. The third kappa shape index (κ3) is 4.05. The Hall–Kier alpha value is -2.49. The molecule has 0 saturated carbocycles. The highest BCUT2D eigenvalue weighted by Crippen LogP contribution is 2.37. The second-order valence-electron chi connectivity index (χ2n) is 7.74. The van der Waals surface area contributed by atoms with Crippen LogP contribution < -0.4 is 4.74 Å². The summed E-state index contributed by atoms with van der Waals surface area (Å²) < 4.78 is 13.2. The van der Waals surface area contributed by atoms with Crippen molar-refractivity contribution < 1.29 is 14.6 Å². The van der Waals surface area contributed by atoms with Crippen molar-refractivity contribution in [2.75, 3.05) is 7.11 Å². The fourth-order valence-corrected chi connectivity index (χ4v) is 4.62. The normalized spacial score (nSPS) is 16.4. The molecular formula is C24H22IN3O3. The summed E-state index contributed by atoms with van der Waals surface area (Å²) in [6, 6.07) is 19.9. The van der Waals surface area contributed by atoms with E-state index in [0.717, 1.165) is 46.3 Å². The van der Waals surface area contributed by atoms with Gasteiger partial charge in [-0.15, -0.1) is 5.10 Å². The highest BCUT2D eigenvalue weighted by atomic mass is 127. The topological polar surface area (TPSA) is 69.4 Å². The number of rotatable bonds is 6. The average Bonchev–Trinajstić information content (AvgIpc) is 3.40. The van der Waals surface area contributed by atoms with Crippen molar-refractivity contribution in [3.05, 3.63) is 88.5 Å². The zero-order chi connectivity index (χ0) is 21.4. The summed E-state index contributed by atoms with van der Waals surface area (Å²) in [4.78, 5) is 0. The number of fused-ring (bicyclic) bond motifs is 2. The molecule has 2 atom stereocenters. The summed E-state index contributed by atoms with van der Waals surface area (Å²) in [6.45, 7) is 0.545.